The first kappa shape index (κ1) is 17.1. The fourth-order valence-electron chi connectivity index (χ4n) is 2.12. The lowest BCUT2D eigenvalue weighted by Gasteiger charge is -2.12. The maximum absolute atomic E-state index is 12.1. The van der Waals surface area contributed by atoms with Crippen molar-refractivity contribution < 1.29 is 9.53 Å². The maximum atomic E-state index is 12.1. The predicted octanol–water partition coefficient (Wildman–Crippen LogP) is 3.80. The van der Waals surface area contributed by atoms with Gasteiger partial charge in [-0.2, -0.15) is 0 Å². The van der Waals surface area contributed by atoms with E-state index in [1.807, 2.05) is 26.0 Å². The van der Waals surface area contributed by atoms with Crippen molar-refractivity contribution in [1.82, 2.24) is 4.98 Å². The van der Waals surface area contributed by atoms with Crippen LogP contribution < -0.4 is 15.4 Å². The van der Waals surface area contributed by atoms with Gasteiger partial charge in [0.15, 0.2) is 0 Å². The fourth-order valence-corrected chi connectivity index (χ4v) is 2.27. The standard InChI is InChI=1S/C17H20ClN3O2/c1-11-8-15(16(23-3)10-14(11)18)21-17(22)5-7-20-13-4-6-19-12(2)9-13/h4,6,8-10H,5,7H2,1-3H3,(H,19,20)(H,21,22). The van der Waals surface area contributed by atoms with Crippen LogP contribution in [0.25, 0.3) is 0 Å². The second kappa shape index (κ2) is 7.83. The third kappa shape index (κ3) is 4.86. The summed E-state index contributed by atoms with van der Waals surface area (Å²) in [6.07, 6.45) is 2.07. The van der Waals surface area contributed by atoms with E-state index in [0.29, 0.717) is 29.4 Å². The van der Waals surface area contributed by atoms with Crippen LogP contribution in [0.1, 0.15) is 17.7 Å². The molecule has 1 amide bonds. The summed E-state index contributed by atoms with van der Waals surface area (Å²) in [5.74, 6) is 0.454. The van der Waals surface area contributed by atoms with Gasteiger partial charge in [-0.15, -0.1) is 0 Å². The number of pyridine rings is 1. The summed E-state index contributed by atoms with van der Waals surface area (Å²) in [7, 11) is 1.55. The number of methoxy groups -OCH3 is 1. The van der Waals surface area contributed by atoms with Gasteiger partial charge in [0, 0.05) is 41.6 Å². The number of anilines is 2. The maximum Gasteiger partial charge on any atom is 0.226 e. The van der Waals surface area contributed by atoms with Crippen molar-refractivity contribution in [3.63, 3.8) is 0 Å². The van der Waals surface area contributed by atoms with Crippen molar-refractivity contribution in [2.45, 2.75) is 20.3 Å². The molecule has 5 nitrogen and oxygen atoms in total. The van der Waals surface area contributed by atoms with Gasteiger partial charge in [0.25, 0.3) is 0 Å². The van der Waals surface area contributed by atoms with Crippen LogP contribution in [0.5, 0.6) is 5.75 Å². The molecule has 0 aliphatic heterocycles. The van der Waals surface area contributed by atoms with Gasteiger partial charge >= 0.3 is 0 Å². The summed E-state index contributed by atoms with van der Waals surface area (Å²) < 4.78 is 5.25. The highest BCUT2D eigenvalue weighted by molar-refractivity contribution is 6.31. The zero-order chi connectivity index (χ0) is 16.8. The third-order valence-corrected chi connectivity index (χ3v) is 3.74. The quantitative estimate of drug-likeness (QED) is 0.844. The largest absolute Gasteiger partial charge is 0.495 e. The van der Waals surface area contributed by atoms with Crippen LogP contribution in [0.2, 0.25) is 5.02 Å². The molecule has 0 saturated heterocycles. The SMILES string of the molecule is COc1cc(Cl)c(C)cc1NC(=O)CCNc1ccnc(C)c1. The molecule has 6 heteroatoms. The average Bonchev–Trinajstić information content (AvgIpc) is 2.50. The molecule has 2 N–H and O–H groups in total. The predicted molar refractivity (Wildman–Crippen MR) is 93.5 cm³/mol. The van der Waals surface area contributed by atoms with Crippen LogP contribution in [0.15, 0.2) is 30.5 Å². The smallest absolute Gasteiger partial charge is 0.226 e. The summed E-state index contributed by atoms with van der Waals surface area (Å²) in [4.78, 5) is 16.2. The summed E-state index contributed by atoms with van der Waals surface area (Å²) in [6, 6.07) is 7.31. The highest BCUT2D eigenvalue weighted by Gasteiger charge is 2.10. The molecule has 0 radical (unpaired) electrons. The van der Waals surface area contributed by atoms with E-state index in [9.17, 15) is 4.79 Å². The number of benzene rings is 1. The van der Waals surface area contributed by atoms with Gasteiger partial charge in [0.05, 0.1) is 12.8 Å². The van der Waals surface area contributed by atoms with Crippen molar-refractivity contribution in [3.05, 3.63) is 46.7 Å². The fraction of sp³-hybridized carbons (Fsp3) is 0.294. The molecule has 0 unspecified atom stereocenters. The van der Waals surface area contributed by atoms with E-state index in [4.69, 9.17) is 16.3 Å². The average molecular weight is 334 g/mol. The lowest BCUT2D eigenvalue weighted by atomic mass is 10.2. The van der Waals surface area contributed by atoms with Crippen molar-refractivity contribution >= 4 is 28.9 Å². The normalized spacial score (nSPS) is 10.3. The van der Waals surface area contributed by atoms with Crippen LogP contribution in [-0.2, 0) is 4.79 Å². The topological polar surface area (TPSA) is 63.2 Å². The second-order valence-electron chi connectivity index (χ2n) is 5.21. The Hall–Kier alpha value is -2.27. The molecule has 0 saturated carbocycles. The minimum atomic E-state index is -0.0942. The molecule has 2 rings (SSSR count). The van der Waals surface area contributed by atoms with Crippen molar-refractivity contribution in [1.29, 1.82) is 0 Å². The second-order valence-corrected chi connectivity index (χ2v) is 5.62. The molecule has 0 aliphatic carbocycles. The lowest BCUT2D eigenvalue weighted by Crippen LogP contribution is -2.17. The summed E-state index contributed by atoms with van der Waals surface area (Å²) in [6.45, 7) is 4.34. The van der Waals surface area contributed by atoms with E-state index in [1.54, 1.807) is 25.4 Å². The Balaban J connectivity index is 1.91. The summed E-state index contributed by atoms with van der Waals surface area (Å²) in [5, 5.41) is 6.66. The van der Waals surface area contributed by atoms with E-state index in [-0.39, 0.29) is 5.91 Å². The molecular weight excluding hydrogens is 314 g/mol. The summed E-state index contributed by atoms with van der Waals surface area (Å²) >= 11 is 6.06. The Morgan fingerprint density at radius 3 is 2.78 bits per heavy atom. The van der Waals surface area contributed by atoms with Gasteiger partial charge in [0.1, 0.15) is 5.75 Å². The van der Waals surface area contributed by atoms with Crippen LogP contribution in [0.3, 0.4) is 0 Å². The number of rotatable bonds is 6. The van der Waals surface area contributed by atoms with Gasteiger partial charge in [-0.25, -0.2) is 0 Å². The molecule has 1 aromatic heterocycles. The highest BCUT2D eigenvalue weighted by Crippen LogP contribution is 2.30. The minimum absolute atomic E-state index is 0.0942. The van der Waals surface area contributed by atoms with Crippen LogP contribution in [0, 0.1) is 13.8 Å². The van der Waals surface area contributed by atoms with Gasteiger partial charge in [-0.1, -0.05) is 11.6 Å². The Morgan fingerprint density at radius 1 is 1.30 bits per heavy atom. The van der Waals surface area contributed by atoms with Crippen molar-refractivity contribution in [2.24, 2.45) is 0 Å². The zero-order valence-electron chi connectivity index (χ0n) is 13.4. The first-order chi connectivity index (χ1) is 11.0. The molecule has 0 atom stereocenters. The first-order valence-electron chi connectivity index (χ1n) is 7.30. The van der Waals surface area contributed by atoms with E-state index in [1.165, 1.54) is 0 Å². The molecule has 23 heavy (non-hydrogen) atoms. The number of nitrogens with one attached hydrogen (secondary N) is 2. The molecule has 0 aliphatic rings. The molecule has 1 heterocycles. The molecule has 2 aromatic rings. The van der Waals surface area contributed by atoms with Crippen LogP contribution in [-0.4, -0.2) is 24.5 Å². The highest BCUT2D eigenvalue weighted by atomic mass is 35.5. The molecular formula is C17H20ClN3O2. The Bertz CT molecular complexity index is 704. The van der Waals surface area contributed by atoms with E-state index in [0.717, 1.165) is 16.9 Å². The van der Waals surface area contributed by atoms with Gasteiger partial charge in [0.2, 0.25) is 5.91 Å². The summed E-state index contributed by atoms with van der Waals surface area (Å²) in [5.41, 5.74) is 3.39. The zero-order valence-corrected chi connectivity index (χ0v) is 14.2. The number of hydrogen-bond donors (Lipinski definition) is 2. The number of hydrogen-bond acceptors (Lipinski definition) is 4. The number of carbonyl (C=O) groups excluding carboxylic acids is 1. The van der Waals surface area contributed by atoms with E-state index in [2.05, 4.69) is 15.6 Å². The number of nitrogens with zero attached hydrogens (tertiary/aromatic N) is 1. The Kier molecular flexibility index (Phi) is 5.82. The van der Waals surface area contributed by atoms with Gasteiger partial charge < -0.3 is 15.4 Å². The van der Waals surface area contributed by atoms with Crippen molar-refractivity contribution in [2.75, 3.05) is 24.3 Å². The lowest BCUT2D eigenvalue weighted by molar-refractivity contribution is -0.115. The minimum Gasteiger partial charge on any atom is -0.495 e. The number of aryl methyl sites for hydroxylation is 2. The number of halogens is 1. The molecule has 122 valence electrons. The number of aromatic nitrogens is 1. The first-order valence-corrected chi connectivity index (χ1v) is 7.68. The molecule has 0 fully saturated rings. The van der Waals surface area contributed by atoms with E-state index >= 15 is 0 Å². The third-order valence-electron chi connectivity index (χ3n) is 3.33. The number of ether oxygens (including phenoxy) is 1. The van der Waals surface area contributed by atoms with Crippen molar-refractivity contribution in [3.8, 4) is 5.75 Å². The van der Waals surface area contributed by atoms with Gasteiger partial charge in [-0.3, -0.25) is 9.78 Å². The molecule has 1 aromatic carbocycles. The monoisotopic (exact) mass is 333 g/mol. The van der Waals surface area contributed by atoms with Crippen LogP contribution in [0.4, 0.5) is 11.4 Å². The Morgan fingerprint density at radius 2 is 2.09 bits per heavy atom. The van der Waals surface area contributed by atoms with Gasteiger partial charge in [-0.05, 0) is 37.6 Å². The Labute approximate surface area is 141 Å². The molecule has 0 spiro atoms. The van der Waals surface area contributed by atoms with E-state index < -0.39 is 0 Å². The number of amides is 1. The number of carbonyl (C=O) groups is 1. The molecule has 0 bridgehead atoms. The van der Waals surface area contributed by atoms with Crippen LogP contribution >= 0.6 is 11.6 Å².